The molecule has 4 heteroatoms. The second-order valence-corrected chi connectivity index (χ2v) is 11.6. The first-order valence-corrected chi connectivity index (χ1v) is 15.8. The maximum atomic E-state index is 12.5. The number of carbonyl (C=O) groups is 1. The zero-order chi connectivity index (χ0) is 26.1. The Hall–Kier alpha value is -1.81. The highest BCUT2D eigenvalue weighted by Gasteiger charge is 2.23. The van der Waals surface area contributed by atoms with E-state index in [1.54, 1.807) is 0 Å². The van der Waals surface area contributed by atoms with Crippen LogP contribution in [0.25, 0.3) is 10.9 Å². The number of hydrogen-bond donors (Lipinski definition) is 2. The molecule has 0 saturated heterocycles. The Labute approximate surface area is 227 Å². The molecule has 1 aliphatic carbocycles. The monoisotopic (exact) mass is 509 g/mol. The van der Waals surface area contributed by atoms with Gasteiger partial charge in [0.05, 0.1) is 0 Å². The molecular formula is C33H55N3O. The van der Waals surface area contributed by atoms with Gasteiger partial charge in [-0.25, -0.2) is 0 Å². The molecule has 0 spiro atoms. The van der Waals surface area contributed by atoms with E-state index in [-0.39, 0.29) is 5.91 Å². The third-order valence-corrected chi connectivity index (χ3v) is 8.01. The lowest BCUT2D eigenvalue weighted by molar-refractivity contribution is -0.116. The van der Waals surface area contributed by atoms with Crippen LogP contribution >= 0.6 is 0 Å². The van der Waals surface area contributed by atoms with Crippen molar-refractivity contribution >= 4 is 22.5 Å². The average molecular weight is 510 g/mol. The van der Waals surface area contributed by atoms with Gasteiger partial charge in [-0.1, -0.05) is 90.9 Å². The van der Waals surface area contributed by atoms with Crippen molar-refractivity contribution in [3.05, 3.63) is 30.0 Å². The van der Waals surface area contributed by atoms with E-state index in [0.29, 0.717) is 6.42 Å². The van der Waals surface area contributed by atoms with E-state index >= 15 is 0 Å². The Balaban J connectivity index is 1.28. The van der Waals surface area contributed by atoms with Gasteiger partial charge in [0.1, 0.15) is 0 Å². The normalized spacial score (nSPS) is 13.6. The molecule has 4 nitrogen and oxygen atoms in total. The molecule has 0 atom stereocenters. The van der Waals surface area contributed by atoms with Crippen LogP contribution in [0.1, 0.15) is 129 Å². The zero-order valence-electron chi connectivity index (χ0n) is 24.1. The van der Waals surface area contributed by atoms with Crippen molar-refractivity contribution in [3.8, 4) is 0 Å². The van der Waals surface area contributed by atoms with Crippen molar-refractivity contribution in [2.45, 2.75) is 129 Å². The number of nitrogens with one attached hydrogen (secondary N) is 2. The Kier molecular flexibility index (Phi) is 14.2. The van der Waals surface area contributed by atoms with Crippen molar-refractivity contribution < 1.29 is 4.79 Å². The Morgan fingerprint density at radius 3 is 2.14 bits per heavy atom. The molecule has 1 aliphatic rings. The lowest BCUT2D eigenvalue weighted by Crippen LogP contribution is -2.29. The fourth-order valence-electron chi connectivity index (χ4n) is 5.54. The summed E-state index contributed by atoms with van der Waals surface area (Å²) in [5, 5.41) is 4.40. The van der Waals surface area contributed by atoms with E-state index in [4.69, 9.17) is 0 Å². The number of benzene rings is 1. The van der Waals surface area contributed by atoms with Crippen LogP contribution in [0.5, 0.6) is 0 Å². The summed E-state index contributed by atoms with van der Waals surface area (Å²) in [5.74, 6) is 1.09. The fourth-order valence-corrected chi connectivity index (χ4v) is 5.54. The molecule has 1 fully saturated rings. The largest absolute Gasteiger partial charge is 0.361 e. The standard InChI is InChI=1S/C33H55N3O/c1-3-5-6-7-8-9-10-11-12-13-14-15-16-17-33(37)35-30-20-21-32-31(25-30)29(26-34-32)22-24-36(23-4-2)27-28-18-19-28/h20-21,25-26,28,34H,3-19,22-24,27H2,1-2H3,(H,35,37). The summed E-state index contributed by atoms with van der Waals surface area (Å²) in [6, 6.07) is 6.29. The summed E-state index contributed by atoms with van der Waals surface area (Å²) in [6.07, 6.45) is 25.2. The third-order valence-electron chi connectivity index (χ3n) is 8.01. The molecular weight excluding hydrogens is 454 g/mol. The van der Waals surface area contributed by atoms with Gasteiger partial charge in [0.15, 0.2) is 0 Å². The lowest BCUT2D eigenvalue weighted by atomic mass is 10.0. The number of carbonyl (C=O) groups excluding carboxylic acids is 1. The van der Waals surface area contributed by atoms with Crippen LogP contribution in [0, 0.1) is 5.92 Å². The van der Waals surface area contributed by atoms with Crippen LogP contribution in [-0.4, -0.2) is 35.4 Å². The minimum absolute atomic E-state index is 0.151. The van der Waals surface area contributed by atoms with Crippen molar-refractivity contribution in [1.29, 1.82) is 0 Å². The Bertz CT molecular complexity index is 885. The predicted molar refractivity (Wildman–Crippen MR) is 160 cm³/mol. The summed E-state index contributed by atoms with van der Waals surface area (Å²) in [4.78, 5) is 18.6. The number of fused-ring (bicyclic) bond motifs is 1. The number of hydrogen-bond acceptors (Lipinski definition) is 2. The molecule has 1 aromatic heterocycles. The van der Waals surface area contributed by atoms with Crippen LogP contribution in [-0.2, 0) is 11.2 Å². The van der Waals surface area contributed by atoms with Gasteiger partial charge in [-0.15, -0.1) is 0 Å². The van der Waals surface area contributed by atoms with Gasteiger partial charge in [-0.05, 0) is 68.3 Å². The van der Waals surface area contributed by atoms with Gasteiger partial charge < -0.3 is 15.2 Å². The first-order valence-electron chi connectivity index (χ1n) is 15.8. The minimum Gasteiger partial charge on any atom is -0.361 e. The zero-order valence-corrected chi connectivity index (χ0v) is 24.1. The Morgan fingerprint density at radius 1 is 0.865 bits per heavy atom. The second-order valence-electron chi connectivity index (χ2n) is 11.6. The van der Waals surface area contributed by atoms with E-state index < -0.39 is 0 Å². The Morgan fingerprint density at radius 2 is 1.51 bits per heavy atom. The van der Waals surface area contributed by atoms with Crippen molar-refractivity contribution in [2.75, 3.05) is 25.0 Å². The number of anilines is 1. The van der Waals surface area contributed by atoms with E-state index in [0.717, 1.165) is 36.5 Å². The first kappa shape index (κ1) is 29.7. The third kappa shape index (κ3) is 12.1. The quantitative estimate of drug-likeness (QED) is 0.155. The summed E-state index contributed by atoms with van der Waals surface area (Å²) in [6.45, 7) is 8.13. The fraction of sp³-hybridized carbons (Fsp3) is 0.727. The molecule has 2 N–H and O–H groups in total. The molecule has 0 aliphatic heterocycles. The molecule has 1 aromatic carbocycles. The van der Waals surface area contributed by atoms with Crippen LogP contribution in [0.2, 0.25) is 0 Å². The smallest absolute Gasteiger partial charge is 0.224 e. The van der Waals surface area contributed by atoms with E-state index in [1.807, 2.05) is 6.07 Å². The number of unbranched alkanes of at least 4 members (excludes halogenated alkanes) is 12. The summed E-state index contributed by atoms with van der Waals surface area (Å²) >= 11 is 0. The molecule has 208 valence electrons. The minimum atomic E-state index is 0.151. The number of aromatic amines is 1. The van der Waals surface area contributed by atoms with Crippen molar-refractivity contribution in [3.63, 3.8) is 0 Å². The first-order chi connectivity index (χ1) is 18.2. The molecule has 2 aromatic rings. The maximum absolute atomic E-state index is 12.5. The summed E-state index contributed by atoms with van der Waals surface area (Å²) in [5.41, 5.74) is 3.45. The van der Waals surface area contributed by atoms with Crippen molar-refractivity contribution in [1.82, 2.24) is 9.88 Å². The molecule has 0 unspecified atom stereocenters. The number of aromatic nitrogens is 1. The van der Waals surface area contributed by atoms with Gasteiger partial charge in [-0.3, -0.25) is 4.79 Å². The average Bonchev–Trinajstić information content (AvgIpc) is 3.62. The summed E-state index contributed by atoms with van der Waals surface area (Å²) < 4.78 is 0. The second kappa shape index (κ2) is 17.7. The SMILES string of the molecule is CCCCCCCCCCCCCCCC(=O)Nc1ccc2[nH]cc(CCN(CCC)CC3CC3)c2c1. The summed E-state index contributed by atoms with van der Waals surface area (Å²) in [7, 11) is 0. The van der Waals surface area contributed by atoms with E-state index in [9.17, 15) is 4.79 Å². The maximum Gasteiger partial charge on any atom is 0.224 e. The highest BCUT2D eigenvalue weighted by atomic mass is 16.1. The van der Waals surface area contributed by atoms with Crippen LogP contribution in [0.15, 0.2) is 24.4 Å². The van der Waals surface area contributed by atoms with Gasteiger partial charge >= 0.3 is 0 Å². The number of rotatable bonds is 22. The van der Waals surface area contributed by atoms with Gasteiger partial charge in [0.2, 0.25) is 5.91 Å². The topological polar surface area (TPSA) is 48.1 Å². The van der Waals surface area contributed by atoms with E-state index in [1.165, 1.54) is 120 Å². The number of amides is 1. The molecule has 0 radical (unpaired) electrons. The van der Waals surface area contributed by atoms with Crippen molar-refractivity contribution in [2.24, 2.45) is 5.92 Å². The van der Waals surface area contributed by atoms with Gasteiger partial charge in [0, 0.05) is 42.3 Å². The highest BCUT2D eigenvalue weighted by molar-refractivity contribution is 5.94. The van der Waals surface area contributed by atoms with Crippen LogP contribution < -0.4 is 5.32 Å². The molecule has 1 saturated carbocycles. The number of nitrogens with zero attached hydrogens (tertiary/aromatic N) is 1. The lowest BCUT2D eigenvalue weighted by Gasteiger charge is -2.21. The molecule has 37 heavy (non-hydrogen) atoms. The highest BCUT2D eigenvalue weighted by Crippen LogP contribution is 2.30. The molecule has 3 rings (SSSR count). The predicted octanol–water partition coefficient (Wildman–Crippen LogP) is 9.25. The molecule has 1 heterocycles. The van der Waals surface area contributed by atoms with Gasteiger partial charge in [-0.2, -0.15) is 0 Å². The van der Waals surface area contributed by atoms with E-state index in [2.05, 4.69) is 47.4 Å². The van der Waals surface area contributed by atoms with Crippen LogP contribution in [0.3, 0.4) is 0 Å². The molecule has 1 amide bonds. The molecule has 0 bridgehead atoms. The number of H-pyrrole nitrogens is 1. The van der Waals surface area contributed by atoms with Crippen LogP contribution in [0.4, 0.5) is 5.69 Å². The van der Waals surface area contributed by atoms with Gasteiger partial charge in [0.25, 0.3) is 0 Å².